The highest BCUT2D eigenvalue weighted by molar-refractivity contribution is 7.98. The molecule has 0 fully saturated rings. The second-order valence-corrected chi connectivity index (χ2v) is 6.90. The first kappa shape index (κ1) is 18.7. The van der Waals surface area contributed by atoms with E-state index in [9.17, 15) is 4.79 Å². The number of nitrogens with one attached hydrogen (secondary N) is 1. The van der Waals surface area contributed by atoms with Gasteiger partial charge >= 0.3 is 0 Å². The number of hydrogen-bond donors (Lipinski definition) is 1. The Morgan fingerprint density at radius 2 is 2.04 bits per heavy atom. The van der Waals surface area contributed by atoms with E-state index in [1.807, 2.05) is 26.0 Å². The molecule has 0 aliphatic rings. The van der Waals surface area contributed by atoms with Crippen LogP contribution < -0.4 is 5.32 Å². The molecule has 1 N–H and O–H groups in total. The Balaban J connectivity index is 1.67. The lowest BCUT2D eigenvalue weighted by Gasteiger charge is -2.09. The van der Waals surface area contributed by atoms with Gasteiger partial charge in [-0.15, -0.1) is 11.8 Å². The first-order chi connectivity index (χ1) is 13.1. The van der Waals surface area contributed by atoms with Crippen molar-refractivity contribution in [3.8, 4) is 6.07 Å². The van der Waals surface area contributed by atoms with Crippen molar-refractivity contribution < 1.29 is 9.32 Å². The molecule has 0 aliphatic carbocycles. The van der Waals surface area contributed by atoms with E-state index in [0.29, 0.717) is 28.5 Å². The molecule has 3 rings (SSSR count). The smallest absolute Gasteiger partial charge is 0.254 e. The van der Waals surface area contributed by atoms with Crippen molar-refractivity contribution in [2.75, 3.05) is 0 Å². The zero-order valence-corrected chi connectivity index (χ0v) is 15.8. The van der Waals surface area contributed by atoms with E-state index in [2.05, 4.69) is 21.5 Å². The molecule has 0 radical (unpaired) electrons. The maximum Gasteiger partial charge on any atom is 0.254 e. The first-order valence-electron chi connectivity index (χ1n) is 8.35. The number of carbonyl (C=O) groups excluding carboxylic acids is 1. The number of nitriles is 1. The van der Waals surface area contributed by atoms with Gasteiger partial charge in [-0.25, -0.2) is 4.98 Å². The number of benzene rings is 1. The predicted octanol–water partition coefficient (Wildman–Crippen LogP) is 3.78. The summed E-state index contributed by atoms with van der Waals surface area (Å²) in [5.41, 5.74) is 3.92. The molecule has 0 aliphatic heterocycles. The number of pyridine rings is 1. The number of aryl methyl sites for hydroxylation is 2. The van der Waals surface area contributed by atoms with E-state index in [1.165, 1.54) is 11.8 Å². The number of rotatable bonds is 6. The highest BCUT2D eigenvalue weighted by atomic mass is 32.2. The Bertz CT molecular complexity index is 970. The Morgan fingerprint density at radius 1 is 1.26 bits per heavy atom. The number of thioether (sulfide) groups is 1. The molecule has 2 aromatic heterocycles. The lowest BCUT2D eigenvalue weighted by molar-refractivity contribution is 0.0947. The molecule has 1 aromatic carbocycles. The number of amides is 1. The maximum absolute atomic E-state index is 12.6. The van der Waals surface area contributed by atoms with Gasteiger partial charge in [0.05, 0.1) is 22.9 Å². The zero-order chi connectivity index (χ0) is 19.2. The third kappa shape index (κ3) is 4.54. The average molecular weight is 378 g/mol. The molecule has 0 saturated carbocycles. The minimum Gasteiger partial charge on any atom is -0.361 e. The summed E-state index contributed by atoms with van der Waals surface area (Å²) in [4.78, 5) is 17.0. The summed E-state index contributed by atoms with van der Waals surface area (Å²) in [5.74, 6) is 1.23. The van der Waals surface area contributed by atoms with Crippen molar-refractivity contribution in [3.05, 3.63) is 76.3 Å². The number of aromatic nitrogens is 2. The zero-order valence-electron chi connectivity index (χ0n) is 15.0. The van der Waals surface area contributed by atoms with Crippen molar-refractivity contribution in [2.24, 2.45) is 0 Å². The van der Waals surface area contributed by atoms with E-state index in [-0.39, 0.29) is 5.91 Å². The van der Waals surface area contributed by atoms with Gasteiger partial charge in [-0.2, -0.15) is 5.26 Å². The van der Waals surface area contributed by atoms with Gasteiger partial charge in [0.15, 0.2) is 0 Å². The van der Waals surface area contributed by atoms with Crippen LogP contribution in [0, 0.1) is 25.2 Å². The second-order valence-electron chi connectivity index (χ2n) is 5.94. The second kappa shape index (κ2) is 8.52. The summed E-state index contributed by atoms with van der Waals surface area (Å²) in [6.45, 7) is 4.16. The van der Waals surface area contributed by atoms with Crippen LogP contribution in [0.1, 0.15) is 38.5 Å². The van der Waals surface area contributed by atoms with Gasteiger partial charge in [0, 0.05) is 24.1 Å². The standard InChI is InChI=1S/C20H18N4O2S/c1-13-18(14(2)26-24-13)12-27-20-17(4-3-9-22-20)19(25)23-11-16-7-5-15(10-21)6-8-16/h3-9H,11-12H2,1-2H3,(H,23,25). The van der Waals surface area contributed by atoms with E-state index >= 15 is 0 Å². The SMILES string of the molecule is Cc1noc(C)c1CSc1ncccc1C(=O)NCc1ccc(C#N)cc1. The molecule has 0 unspecified atom stereocenters. The third-order valence-corrected chi connectivity index (χ3v) is 5.12. The van der Waals surface area contributed by atoms with Gasteiger partial charge in [-0.05, 0) is 43.7 Å². The minimum absolute atomic E-state index is 0.186. The van der Waals surface area contributed by atoms with Gasteiger partial charge in [-0.3, -0.25) is 4.79 Å². The molecule has 2 heterocycles. The quantitative estimate of drug-likeness (QED) is 0.656. The molecule has 0 bridgehead atoms. The molecule has 3 aromatic rings. The Morgan fingerprint density at radius 3 is 2.70 bits per heavy atom. The van der Waals surface area contributed by atoms with E-state index in [1.54, 1.807) is 30.5 Å². The van der Waals surface area contributed by atoms with Gasteiger partial charge in [0.1, 0.15) is 10.8 Å². The molecule has 7 heteroatoms. The van der Waals surface area contributed by atoms with Crippen LogP contribution in [0.5, 0.6) is 0 Å². The van der Waals surface area contributed by atoms with Crippen LogP contribution in [0.2, 0.25) is 0 Å². The molecular formula is C20H18N4O2S. The van der Waals surface area contributed by atoms with Gasteiger partial charge < -0.3 is 9.84 Å². The topological polar surface area (TPSA) is 91.8 Å². The Hall–Kier alpha value is -3.11. The van der Waals surface area contributed by atoms with Crippen LogP contribution in [0.15, 0.2) is 52.1 Å². The summed E-state index contributed by atoms with van der Waals surface area (Å²) in [5, 5.41) is 16.4. The van der Waals surface area contributed by atoms with E-state index < -0.39 is 0 Å². The fraction of sp³-hybridized carbons (Fsp3) is 0.200. The normalized spacial score (nSPS) is 10.4. The monoisotopic (exact) mass is 378 g/mol. The first-order valence-corrected chi connectivity index (χ1v) is 9.34. The largest absolute Gasteiger partial charge is 0.361 e. The molecule has 0 spiro atoms. The lowest BCUT2D eigenvalue weighted by Crippen LogP contribution is -2.23. The van der Waals surface area contributed by atoms with Gasteiger partial charge in [0.2, 0.25) is 0 Å². The van der Waals surface area contributed by atoms with Crippen molar-refractivity contribution in [1.82, 2.24) is 15.5 Å². The van der Waals surface area contributed by atoms with E-state index in [0.717, 1.165) is 22.6 Å². The van der Waals surface area contributed by atoms with Crippen molar-refractivity contribution in [1.29, 1.82) is 5.26 Å². The molecule has 0 atom stereocenters. The lowest BCUT2D eigenvalue weighted by atomic mass is 10.1. The van der Waals surface area contributed by atoms with Gasteiger partial charge in [0.25, 0.3) is 5.91 Å². The van der Waals surface area contributed by atoms with Crippen LogP contribution >= 0.6 is 11.8 Å². The highest BCUT2D eigenvalue weighted by Crippen LogP contribution is 2.27. The average Bonchev–Trinajstić information content (AvgIpc) is 3.02. The summed E-state index contributed by atoms with van der Waals surface area (Å²) in [7, 11) is 0. The summed E-state index contributed by atoms with van der Waals surface area (Å²) < 4.78 is 5.18. The summed E-state index contributed by atoms with van der Waals surface area (Å²) >= 11 is 1.48. The fourth-order valence-electron chi connectivity index (χ4n) is 2.50. The molecule has 136 valence electrons. The molecule has 0 saturated heterocycles. The van der Waals surface area contributed by atoms with Crippen molar-refractivity contribution in [3.63, 3.8) is 0 Å². The highest BCUT2D eigenvalue weighted by Gasteiger charge is 2.15. The van der Waals surface area contributed by atoms with Crippen LogP contribution in [0.3, 0.4) is 0 Å². The fourth-order valence-corrected chi connectivity index (χ4v) is 3.65. The predicted molar refractivity (Wildman–Crippen MR) is 102 cm³/mol. The van der Waals surface area contributed by atoms with Crippen LogP contribution in [0.25, 0.3) is 0 Å². The number of nitrogens with zero attached hydrogens (tertiary/aromatic N) is 3. The third-order valence-electron chi connectivity index (χ3n) is 4.09. The number of hydrogen-bond acceptors (Lipinski definition) is 6. The molecule has 27 heavy (non-hydrogen) atoms. The van der Waals surface area contributed by atoms with E-state index in [4.69, 9.17) is 9.78 Å². The van der Waals surface area contributed by atoms with Crippen molar-refractivity contribution in [2.45, 2.75) is 31.2 Å². The maximum atomic E-state index is 12.6. The minimum atomic E-state index is -0.186. The van der Waals surface area contributed by atoms with Crippen LogP contribution in [-0.2, 0) is 12.3 Å². The Labute approximate surface area is 161 Å². The van der Waals surface area contributed by atoms with Gasteiger partial charge in [-0.1, -0.05) is 17.3 Å². The summed E-state index contributed by atoms with van der Waals surface area (Å²) in [6.07, 6.45) is 1.67. The number of carbonyl (C=O) groups is 1. The van der Waals surface area contributed by atoms with Crippen molar-refractivity contribution >= 4 is 17.7 Å². The molecule has 1 amide bonds. The Kier molecular flexibility index (Phi) is 5.89. The molecular weight excluding hydrogens is 360 g/mol. The summed E-state index contributed by atoms with van der Waals surface area (Å²) in [6, 6.07) is 12.7. The molecule has 6 nitrogen and oxygen atoms in total. The van der Waals surface area contributed by atoms with Crippen LogP contribution in [-0.4, -0.2) is 16.0 Å². The van der Waals surface area contributed by atoms with Crippen LogP contribution in [0.4, 0.5) is 0 Å².